The summed E-state index contributed by atoms with van der Waals surface area (Å²) in [5.41, 5.74) is 2.98. The van der Waals surface area contributed by atoms with E-state index >= 15 is 0 Å². The van der Waals surface area contributed by atoms with E-state index in [0.717, 1.165) is 35.3 Å². The van der Waals surface area contributed by atoms with Gasteiger partial charge in [0.25, 0.3) is 5.91 Å². The lowest BCUT2D eigenvalue weighted by Crippen LogP contribution is -2.45. The third-order valence-electron chi connectivity index (χ3n) is 6.53. The Morgan fingerprint density at radius 3 is 2.56 bits per heavy atom. The summed E-state index contributed by atoms with van der Waals surface area (Å²) in [4.78, 5) is 29.6. The van der Waals surface area contributed by atoms with Gasteiger partial charge in [0.05, 0.1) is 19.2 Å². The van der Waals surface area contributed by atoms with Crippen molar-refractivity contribution in [3.8, 4) is 5.75 Å². The van der Waals surface area contributed by atoms with E-state index in [4.69, 9.17) is 4.74 Å². The summed E-state index contributed by atoms with van der Waals surface area (Å²) >= 11 is 0. The second kappa shape index (κ2) is 8.65. The van der Waals surface area contributed by atoms with E-state index in [1.807, 2.05) is 36.5 Å². The predicted octanol–water partition coefficient (Wildman–Crippen LogP) is 3.93. The molecule has 1 unspecified atom stereocenters. The van der Waals surface area contributed by atoms with Crippen LogP contribution < -0.4 is 9.64 Å². The minimum Gasteiger partial charge on any atom is -0.497 e. The molecular weight excluding hydrogens is 404 g/mol. The summed E-state index contributed by atoms with van der Waals surface area (Å²) in [5, 5.41) is 5.71. The van der Waals surface area contributed by atoms with Gasteiger partial charge in [-0.2, -0.15) is 5.10 Å². The third-order valence-corrected chi connectivity index (χ3v) is 6.53. The zero-order valence-corrected chi connectivity index (χ0v) is 18.4. The van der Waals surface area contributed by atoms with Crippen molar-refractivity contribution in [2.45, 2.75) is 44.7 Å². The third kappa shape index (κ3) is 3.95. The molecule has 32 heavy (non-hydrogen) atoms. The van der Waals surface area contributed by atoms with Crippen molar-refractivity contribution in [3.05, 3.63) is 54.2 Å². The molecule has 2 fully saturated rings. The molecule has 2 aliphatic rings. The van der Waals surface area contributed by atoms with Crippen LogP contribution in [0, 0.1) is 0 Å². The zero-order chi connectivity index (χ0) is 22.1. The van der Waals surface area contributed by atoms with Gasteiger partial charge in [-0.15, -0.1) is 0 Å². The minimum atomic E-state index is -0.461. The quantitative estimate of drug-likeness (QED) is 0.572. The number of hydrogen-bond acceptors (Lipinski definition) is 5. The van der Waals surface area contributed by atoms with Crippen molar-refractivity contribution < 1.29 is 14.3 Å². The molecule has 2 saturated heterocycles. The van der Waals surface area contributed by atoms with E-state index in [1.165, 1.54) is 29.8 Å². The number of carbonyl (C=O) groups excluding carboxylic acids is 2. The highest BCUT2D eigenvalue weighted by molar-refractivity contribution is 5.99. The largest absolute Gasteiger partial charge is 0.497 e. The maximum absolute atomic E-state index is 13.3. The predicted molar refractivity (Wildman–Crippen MR) is 123 cm³/mol. The van der Waals surface area contributed by atoms with Crippen molar-refractivity contribution in [3.63, 3.8) is 0 Å². The van der Waals surface area contributed by atoms with Gasteiger partial charge in [0.15, 0.2) is 0 Å². The molecule has 7 heteroatoms. The zero-order valence-electron chi connectivity index (χ0n) is 18.4. The van der Waals surface area contributed by atoms with E-state index in [-0.39, 0.29) is 18.4 Å². The molecule has 2 aliphatic heterocycles. The number of carbonyl (C=O) groups is 2. The summed E-state index contributed by atoms with van der Waals surface area (Å²) in [5.74, 6) is 0.419. The Bertz CT molecular complexity index is 1130. The monoisotopic (exact) mass is 432 g/mol. The number of imide groups is 1. The first-order chi connectivity index (χ1) is 15.6. The van der Waals surface area contributed by atoms with Crippen LogP contribution in [0.2, 0.25) is 0 Å². The Balaban J connectivity index is 1.37. The molecule has 7 nitrogen and oxygen atoms in total. The summed E-state index contributed by atoms with van der Waals surface area (Å²) in [7, 11) is 1.61. The van der Waals surface area contributed by atoms with Crippen molar-refractivity contribution in [2.24, 2.45) is 0 Å². The smallest absolute Gasteiger partial charge is 0.254 e. The van der Waals surface area contributed by atoms with Crippen molar-refractivity contribution >= 4 is 28.4 Å². The highest BCUT2D eigenvalue weighted by Gasteiger charge is 2.36. The van der Waals surface area contributed by atoms with E-state index in [9.17, 15) is 9.59 Å². The Hall–Kier alpha value is -3.35. The van der Waals surface area contributed by atoms with Crippen molar-refractivity contribution in [1.29, 1.82) is 0 Å². The first-order valence-electron chi connectivity index (χ1n) is 11.3. The number of fused-ring (bicyclic) bond motifs is 1. The number of amides is 2. The highest BCUT2D eigenvalue weighted by Crippen LogP contribution is 2.29. The summed E-state index contributed by atoms with van der Waals surface area (Å²) < 4.78 is 6.94. The number of anilines is 1. The number of benzene rings is 2. The van der Waals surface area contributed by atoms with Gasteiger partial charge in [-0.25, -0.2) is 0 Å². The van der Waals surface area contributed by atoms with Crippen LogP contribution in [0.5, 0.6) is 5.75 Å². The molecule has 0 bridgehead atoms. The molecule has 2 aromatic carbocycles. The van der Waals surface area contributed by atoms with Gasteiger partial charge in [0, 0.05) is 36.8 Å². The van der Waals surface area contributed by atoms with Gasteiger partial charge >= 0.3 is 0 Å². The molecule has 1 aromatic heterocycles. The van der Waals surface area contributed by atoms with E-state index in [0.29, 0.717) is 12.8 Å². The maximum Gasteiger partial charge on any atom is 0.254 e. The van der Waals surface area contributed by atoms with Crippen molar-refractivity contribution in [2.75, 3.05) is 25.1 Å². The number of ether oxygens (including phenoxy) is 1. The molecule has 0 N–H and O–H groups in total. The van der Waals surface area contributed by atoms with Gasteiger partial charge < -0.3 is 9.64 Å². The molecule has 0 aliphatic carbocycles. The molecule has 0 spiro atoms. The molecule has 5 rings (SSSR count). The van der Waals surface area contributed by atoms with Crippen LogP contribution in [0.1, 0.15) is 43.7 Å². The fourth-order valence-electron chi connectivity index (χ4n) is 4.69. The van der Waals surface area contributed by atoms with Gasteiger partial charge in [-0.1, -0.05) is 12.1 Å². The first kappa shape index (κ1) is 20.5. The van der Waals surface area contributed by atoms with Crippen LogP contribution in [-0.4, -0.2) is 46.7 Å². The standard InChI is InChI=1S/C25H28N4O3/c1-32-21-8-5-18(6-9-21)16-28-24(30)12-11-23(25(28)31)29-17-19-15-20(7-10-22(19)26-29)27-13-3-2-4-14-27/h5-10,15,17,23H,2-4,11-14,16H2,1H3. The van der Waals surface area contributed by atoms with Crippen LogP contribution in [0.3, 0.4) is 0 Å². The summed E-state index contributed by atoms with van der Waals surface area (Å²) in [6.07, 6.45) is 6.52. The second-order valence-electron chi connectivity index (χ2n) is 8.62. The van der Waals surface area contributed by atoms with Crippen LogP contribution >= 0.6 is 0 Å². The Labute approximate surface area is 187 Å². The maximum atomic E-state index is 13.3. The number of hydrogen-bond donors (Lipinski definition) is 0. The molecule has 3 aromatic rings. The number of likely N-dealkylation sites (tertiary alicyclic amines) is 1. The number of methoxy groups -OCH3 is 1. The summed E-state index contributed by atoms with van der Waals surface area (Å²) in [6.45, 7) is 2.43. The molecule has 1 atom stereocenters. The average Bonchev–Trinajstić information content (AvgIpc) is 3.26. The van der Waals surface area contributed by atoms with Gasteiger partial charge in [0.1, 0.15) is 11.8 Å². The van der Waals surface area contributed by atoms with Crippen LogP contribution in [-0.2, 0) is 16.1 Å². The molecule has 0 radical (unpaired) electrons. The van der Waals surface area contributed by atoms with E-state index in [1.54, 1.807) is 11.8 Å². The summed E-state index contributed by atoms with van der Waals surface area (Å²) in [6, 6.07) is 13.3. The lowest BCUT2D eigenvalue weighted by molar-refractivity contribution is -0.152. The first-order valence-corrected chi connectivity index (χ1v) is 11.3. The van der Waals surface area contributed by atoms with Gasteiger partial charge in [-0.05, 0) is 61.6 Å². The number of rotatable bonds is 5. The molecule has 3 heterocycles. The Kier molecular flexibility index (Phi) is 5.55. The van der Waals surface area contributed by atoms with Gasteiger partial charge in [0.2, 0.25) is 5.91 Å². The molecular formula is C25H28N4O3. The fraction of sp³-hybridized carbons (Fsp3) is 0.400. The fourth-order valence-corrected chi connectivity index (χ4v) is 4.69. The molecule has 166 valence electrons. The number of piperidine rings is 2. The average molecular weight is 433 g/mol. The Morgan fingerprint density at radius 2 is 1.81 bits per heavy atom. The second-order valence-corrected chi connectivity index (χ2v) is 8.62. The van der Waals surface area contributed by atoms with E-state index < -0.39 is 6.04 Å². The van der Waals surface area contributed by atoms with Crippen LogP contribution in [0.15, 0.2) is 48.7 Å². The van der Waals surface area contributed by atoms with Crippen LogP contribution in [0.4, 0.5) is 5.69 Å². The number of nitrogens with zero attached hydrogens (tertiary/aromatic N) is 4. The highest BCUT2D eigenvalue weighted by atomic mass is 16.5. The topological polar surface area (TPSA) is 67.7 Å². The Morgan fingerprint density at radius 1 is 1.03 bits per heavy atom. The SMILES string of the molecule is COc1ccc(CN2C(=O)CCC(n3cc4cc(N5CCCCC5)ccc4n3)C2=O)cc1. The van der Waals surface area contributed by atoms with Crippen LogP contribution in [0.25, 0.3) is 10.9 Å². The minimum absolute atomic E-state index is 0.133. The van der Waals surface area contributed by atoms with Gasteiger partial charge in [-0.3, -0.25) is 19.2 Å². The lowest BCUT2D eigenvalue weighted by Gasteiger charge is -2.30. The van der Waals surface area contributed by atoms with Crippen molar-refractivity contribution in [1.82, 2.24) is 14.7 Å². The molecule has 0 saturated carbocycles. The lowest BCUT2D eigenvalue weighted by atomic mass is 10.0. The number of aromatic nitrogens is 2. The molecule has 2 amide bonds. The normalized spacial score (nSPS) is 19.6. The van der Waals surface area contributed by atoms with E-state index in [2.05, 4.69) is 22.1 Å².